The van der Waals surface area contributed by atoms with Gasteiger partial charge in [0.05, 0.1) is 21.8 Å². The molecule has 3 aromatic carbocycles. The second-order valence-electron chi connectivity index (χ2n) is 8.51. The number of aliphatic hydroxyl groups excluding tert-OH is 1. The number of aryl methyl sites for hydroxylation is 3. The first-order chi connectivity index (χ1) is 16.2. The number of carbonyl (C=O) groups is 2. The fourth-order valence-corrected chi connectivity index (χ4v) is 5.49. The van der Waals surface area contributed by atoms with E-state index < -0.39 is 23.5 Å². The van der Waals surface area contributed by atoms with E-state index in [9.17, 15) is 19.1 Å². The van der Waals surface area contributed by atoms with E-state index >= 15 is 0 Å². The van der Waals surface area contributed by atoms with Crippen LogP contribution in [0.4, 0.5) is 9.52 Å². The fraction of sp³-hybridized carbons (Fsp3) is 0.148. The molecule has 0 radical (unpaired) electrons. The molecule has 0 aliphatic carbocycles. The SMILES string of the molecule is Cc1ccc(C(O)=C2C(=O)C(=O)N(c3nc4c(C)cc(C)cc4s3)C2c2ccc(F)cc2)cc1. The second-order valence-corrected chi connectivity index (χ2v) is 9.52. The van der Waals surface area contributed by atoms with Gasteiger partial charge < -0.3 is 5.11 Å². The summed E-state index contributed by atoms with van der Waals surface area (Å²) in [7, 11) is 0. The maximum Gasteiger partial charge on any atom is 0.301 e. The van der Waals surface area contributed by atoms with Crippen LogP contribution in [0.1, 0.15) is 33.9 Å². The molecule has 1 unspecified atom stereocenters. The maximum absolute atomic E-state index is 13.7. The largest absolute Gasteiger partial charge is 0.507 e. The van der Waals surface area contributed by atoms with Crippen LogP contribution in [0.2, 0.25) is 0 Å². The number of fused-ring (bicyclic) bond motifs is 1. The highest BCUT2D eigenvalue weighted by molar-refractivity contribution is 7.22. The summed E-state index contributed by atoms with van der Waals surface area (Å²) in [6, 6.07) is 15.7. The van der Waals surface area contributed by atoms with Crippen molar-refractivity contribution in [3.63, 3.8) is 0 Å². The highest BCUT2D eigenvalue weighted by Crippen LogP contribution is 2.44. The van der Waals surface area contributed by atoms with E-state index in [0.29, 0.717) is 16.3 Å². The van der Waals surface area contributed by atoms with Crippen molar-refractivity contribution in [2.75, 3.05) is 4.90 Å². The topological polar surface area (TPSA) is 70.5 Å². The molecule has 7 heteroatoms. The minimum absolute atomic E-state index is 0.0485. The molecule has 0 spiro atoms. The Labute approximate surface area is 199 Å². The fourth-order valence-electron chi connectivity index (χ4n) is 4.32. The molecule has 1 aliphatic heterocycles. The monoisotopic (exact) mass is 472 g/mol. The summed E-state index contributed by atoms with van der Waals surface area (Å²) in [5.74, 6) is -2.30. The van der Waals surface area contributed by atoms with E-state index in [4.69, 9.17) is 0 Å². The van der Waals surface area contributed by atoms with Gasteiger partial charge in [-0.05, 0) is 55.7 Å². The summed E-state index contributed by atoms with van der Waals surface area (Å²) in [6.45, 7) is 5.85. The van der Waals surface area contributed by atoms with Gasteiger partial charge in [0.25, 0.3) is 5.78 Å². The quantitative estimate of drug-likeness (QED) is 0.226. The number of aromatic nitrogens is 1. The number of rotatable bonds is 3. The first kappa shape index (κ1) is 22.0. The zero-order chi connectivity index (χ0) is 24.1. The molecule has 5 nitrogen and oxygen atoms in total. The Hall–Kier alpha value is -3.84. The maximum atomic E-state index is 13.7. The number of carbonyl (C=O) groups excluding carboxylic acids is 2. The highest BCUT2D eigenvalue weighted by atomic mass is 32.1. The van der Waals surface area contributed by atoms with Crippen LogP contribution in [0.25, 0.3) is 16.0 Å². The molecule has 5 rings (SSSR count). The lowest BCUT2D eigenvalue weighted by molar-refractivity contribution is -0.132. The number of hydrogen-bond acceptors (Lipinski definition) is 5. The van der Waals surface area contributed by atoms with Gasteiger partial charge in [-0.15, -0.1) is 0 Å². The minimum Gasteiger partial charge on any atom is -0.507 e. The predicted octanol–water partition coefficient (Wildman–Crippen LogP) is 5.99. The van der Waals surface area contributed by atoms with E-state index in [-0.39, 0.29) is 11.3 Å². The lowest BCUT2D eigenvalue weighted by Crippen LogP contribution is -2.29. The van der Waals surface area contributed by atoms with Crippen LogP contribution in [-0.4, -0.2) is 21.8 Å². The standard InChI is InChI=1S/C27H21FN2O3S/c1-14-4-6-18(7-5-14)24(31)21-23(17-8-10-19(28)11-9-17)30(26(33)25(21)32)27-29-22-16(3)12-15(2)13-20(22)34-27/h4-13,23,31H,1-3H3. The van der Waals surface area contributed by atoms with Crippen molar-refractivity contribution < 1.29 is 19.1 Å². The normalized spacial score (nSPS) is 17.6. The Kier molecular flexibility index (Phi) is 5.29. The van der Waals surface area contributed by atoms with Crippen molar-refractivity contribution in [1.29, 1.82) is 0 Å². The van der Waals surface area contributed by atoms with Crippen LogP contribution < -0.4 is 4.90 Å². The van der Waals surface area contributed by atoms with Crippen LogP contribution >= 0.6 is 11.3 Å². The zero-order valence-electron chi connectivity index (χ0n) is 18.8. The first-order valence-electron chi connectivity index (χ1n) is 10.8. The molecule has 0 saturated carbocycles. The second kappa shape index (κ2) is 8.18. The third-order valence-corrected chi connectivity index (χ3v) is 6.98. The van der Waals surface area contributed by atoms with Gasteiger partial charge in [0.2, 0.25) is 0 Å². The molecule has 1 aliphatic rings. The molecule has 0 bridgehead atoms. The van der Waals surface area contributed by atoms with Crippen LogP contribution in [-0.2, 0) is 9.59 Å². The lowest BCUT2D eigenvalue weighted by Gasteiger charge is -2.23. The van der Waals surface area contributed by atoms with Crippen LogP contribution in [0.15, 0.2) is 66.2 Å². The molecular formula is C27H21FN2O3S. The zero-order valence-corrected chi connectivity index (χ0v) is 19.6. The van der Waals surface area contributed by atoms with Crippen molar-refractivity contribution in [1.82, 2.24) is 4.98 Å². The Balaban J connectivity index is 1.74. The van der Waals surface area contributed by atoms with Crippen molar-refractivity contribution in [3.8, 4) is 0 Å². The summed E-state index contributed by atoms with van der Waals surface area (Å²) in [6.07, 6.45) is 0. The first-order valence-corrected chi connectivity index (χ1v) is 11.6. The molecule has 34 heavy (non-hydrogen) atoms. The number of anilines is 1. The third kappa shape index (κ3) is 3.58. The minimum atomic E-state index is -0.941. The summed E-state index contributed by atoms with van der Waals surface area (Å²) in [5.41, 5.74) is 4.65. The number of Topliss-reactive ketones (excluding diaryl/α,β-unsaturated/α-hetero) is 1. The molecule has 1 atom stereocenters. The number of thiazole rings is 1. The summed E-state index contributed by atoms with van der Waals surface area (Å²) in [4.78, 5) is 32.6. The Morgan fingerprint density at radius 3 is 2.32 bits per heavy atom. The van der Waals surface area contributed by atoms with Crippen molar-refractivity contribution in [2.45, 2.75) is 26.8 Å². The van der Waals surface area contributed by atoms with Crippen molar-refractivity contribution in [2.24, 2.45) is 0 Å². The van der Waals surface area contributed by atoms with Gasteiger partial charge in [-0.25, -0.2) is 9.37 Å². The number of ketones is 1. The number of hydrogen-bond donors (Lipinski definition) is 1. The van der Waals surface area contributed by atoms with E-state index in [2.05, 4.69) is 4.98 Å². The van der Waals surface area contributed by atoms with E-state index in [1.807, 2.05) is 45.0 Å². The summed E-state index contributed by atoms with van der Waals surface area (Å²) in [5, 5.41) is 11.5. The molecule has 1 N–H and O–H groups in total. The van der Waals surface area contributed by atoms with Gasteiger partial charge in [-0.1, -0.05) is 59.4 Å². The van der Waals surface area contributed by atoms with E-state index in [1.165, 1.54) is 40.5 Å². The Morgan fingerprint density at radius 2 is 1.65 bits per heavy atom. The average Bonchev–Trinajstić information content (AvgIpc) is 3.33. The summed E-state index contributed by atoms with van der Waals surface area (Å²) < 4.78 is 14.6. The predicted molar refractivity (Wildman–Crippen MR) is 131 cm³/mol. The van der Waals surface area contributed by atoms with Gasteiger partial charge in [-0.3, -0.25) is 14.5 Å². The number of amides is 1. The molecule has 2 heterocycles. The van der Waals surface area contributed by atoms with Gasteiger partial charge >= 0.3 is 5.91 Å². The van der Waals surface area contributed by atoms with Gasteiger partial charge in [-0.2, -0.15) is 0 Å². The van der Waals surface area contributed by atoms with Crippen molar-refractivity contribution >= 4 is 44.1 Å². The Morgan fingerprint density at radius 1 is 0.971 bits per heavy atom. The molecule has 4 aromatic rings. The number of halogens is 1. The van der Waals surface area contributed by atoms with E-state index in [0.717, 1.165) is 26.9 Å². The third-order valence-electron chi connectivity index (χ3n) is 5.98. The van der Waals surface area contributed by atoms with Crippen molar-refractivity contribution in [3.05, 3.63) is 99.9 Å². The average molecular weight is 473 g/mol. The molecular weight excluding hydrogens is 451 g/mol. The molecule has 1 saturated heterocycles. The highest BCUT2D eigenvalue weighted by Gasteiger charge is 2.48. The number of benzene rings is 3. The smallest absolute Gasteiger partial charge is 0.301 e. The van der Waals surface area contributed by atoms with Crippen LogP contribution in [0.5, 0.6) is 0 Å². The molecule has 1 amide bonds. The van der Waals surface area contributed by atoms with Crippen LogP contribution in [0.3, 0.4) is 0 Å². The number of nitrogens with zero attached hydrogens (tertiary/aromatic N) is 2. The molecule has 1 fully saturated rings. The molecule has 170 valence electrons. The van der Waals surface area contributed by atoms with Gasteiger partial charge in [0, 0.05) is 5.56 Å². The van der Waals surface area contributed by atoms with Gasteiger partial charge in [0.1, 0.15) is 11.6 Å². The van der Waals surface area contributed by atoms with Crippen LogP contribution in [0, 0.1) is 26.6 Å². The lowest BCUT2D eigenvalue weighted by atomic mass is 9.95. The Bertz CT molecular complexity index is 1490. The molecule has 1 aromatic heterocycles. The summed E-state index contributed by atoms with van der Waals surface area (Å²) >= 11 is 1.31. The van der Waals surface area contributed by atoms with Gasteiger partial charge in [0.15, 0.2) is 5.13 Å². The number of aliphatic hydroxyl groups is 1. The van der Waals surface area contributed by atoms with E-state index in [1.54, 1.807) is 12.1 Å².